The highest BCUT2D eigenvalue weighted by Gasteiger charge is 2.23. The topological polar surface area (TPSA) is 43.5 Å². The molecule has 1 radical (unpaired) electrons. The second-order valence-corrected chi connectivity index (χ2v) is 2.95. The van der Waals surface area contributed by atoms with E-state index < -0.39 is 0 Å². The first-order valence-corrected chi connectivity index (χ1v) is 4.19. The molecule has 0 aliphatic carbocycles. The van der Waals surface area contributed by atoms with Crippen LogP contribution >= 0.6 is 0 Å². The molecule has 69 valence electrons. The molecule has 0 aromatic heterocycles. The third-order valence-corrected chi connectivity index (χ3v) is 1.69. The third kappa shape index (κ3) is 3.49. The van der Waals surface area contributed by atoms with Crippen molar-refractivity contribution in [1.29, 1.82) is 0 Å². The lowest BCUT2D eigenvalue weighted by atomic mass is 10.5. The Labute approximate surface area is 71.7 Å². The Balaban J connectivity index is 1.31. The van der Waals surface area contributed by atoms with Crippen molar-refractivity contribution in [2.24, 2.45) is 0 Å². The summed E-state index contributed by atoms with van der Waals surface area (Å²) in [5.41, 5.74) is 0. The van der Waals surface area contributed by atoms with Gasteiger partial charge in [0.2, 0.25) is 0 Å². The van der Waals surface area contributed by atoms with Crippen LogP contribution in [0, 0.1) is 6.61 Å². The molecule has 2 aliphatic rings. The van der Waals surface area contributed by atoms with E-state index in [4.69, 9.17) is 18.9 Å². The van der Waals surface area contributed by atoms with E-state index in [1.54, 1.807) is 6.61 Å². The molecule has 0 spiro atoms. The van der Waals surface area contributed by atoms with Crippen LogP contribution in [0.1, 0.15) is 0 Å². The minimum Gasteiger partial charge on any atom is -0.376 e. The molecular formula is C8H13O4. The van der Waals surface area contributed by atoms with E-state index in [1.165, 1.54) is 0 Å². The molecule has 0 aromatic rings. The first kappa shape index (κ1) is 8.44. The van der Waals surface area contributed by atoms with Gasteiger partial charge in [-0.2, -0.15) is 0 Å². The lowest BCUT2D eigenvalue weighted by Gasteiger charge is -2.01. The van der Waals surface area contributed by atoms with Crippen molar-refractivity contribution in [3.63, 3.8) is 0 Å². The predicted molar refractivity (Wildman–Crippen MR) is 40.6 cm³/mol. The minimum atomic E-state index is 0.327. The average Bonchev–Trinajstić information content (AvgIpc) is 2.89. The van der Waals surface area contributed by atoms with Crippen molar-refractivity contribution in [1.82, 2.24) is 0 Å². The average molecular weight is 173 g/mol. The van der Waals surface area contributed by atoms with Crippen LogP contribution in [-0.2, 0) is 18.9 Å². The first-order valence-electron chi connectivity index (χ1n) is 4.19. The Morgan fingerprint density at radius 3 is 2.50 bits per heavy atom. The number of ether oxygens (including phenoxy) is 4. The van der Waals surface area contributed by atoms with Gasteiger partial charge in [0.05, 0.1) is 33.0 Å². The van der Waals surface area contributed by atoms with E-state index in [0.717, 1.165) is 13.2 Å². The fourth-order valence-corrected chi connectivity index (χ4v) is 0.800. The van der Waals surface area contributed by atoms with Crippen molar-refractivity contribution in [3.05, 3.63) is 6.61 Å². The largest absolute Gasteiger partial charge is 0.376 e. The quantitative estimate of drug-likeness (QED) is 0.401. The van der Waals surface area contributed by atoms with Gasteiger partial charge in [0.15, 0.2) is 0 Å². The third-order valence-electron chi connectivity index (χ3n) is 1.69. The van der Waals surface area contributed by atoms with Gasteiger partial charge in [-0.25, -0.2) is 0 Å². The van der Waals surface area contributed by atoms with Gasteiger partial charge in [-0.05, 0) is 0 Å². The highest BCUT2D eigenvalue weighted by Crippen LogP contribution is 2.10. The van der Waals surface area contributed by atoms with Crippen LogP contribution in [0.4, 0.5) is 0 Å². The van der Waals surface area contributed by atoms with E-state index in [-0.39, 0.29) is 0 Å². The molecule has 0 aromatic carbocycles. The van der Waals surface area contributed by atoms with E-state index in [1.807, 2.05) is 0 Å². The van der Waals surface area contributed by atoms with Crippen molar-refractivity contribution < 1.29 is 18.9 Å². The van der Waals surface area contributed by atoms with Gasteiger partial charge in [0, 0.05) is 0 Å². The second kappa shape index (κ2) is 4.18. The SMILES string of the molecule is [CH](COCC1CO1)OCC1CO1. The molecule has 12 heavy (non-hydrogen) atoms. The summed E-state index contributed by atoms with van der Waals surface area (Å²) in [6, 6.07) is 0. The molecule has 4 nitrogen and oxygen atoms in total. The van der Waals surface area contributed by atoms with Gasteiger partial charge in [-0.1, -0.05) is 0 Å². The van der Waals surface area contributed by atoms with Crippen LogP contribution in [-0.4, -0.2) is 45.2 Å². The number of rotatable bonds is 7. The molecule has 2 unspecified atom stereocenters. The Bertz CT molecular complexity index is 115. The lowest BCUT2D eigenvalue weighted by molar-refractivity contribution is 0.0760. The minimum absolute atomic E-state index is 0.327. The highest BCUT2D eigenvalue weighted by molar-refractivity contribution is 4.69. The molecule has 4 heteroatoms. The zero-order valence-corrected chi connectivity index (χ0v) is 6.90. The maximum absolute atomic E-state index is 5.21. The summed E-state index contributed by atoms with van der Waals surface area (Å²) in [7, 11) is 0. The summed E-state index contributed by atoms with van der Waals surface area (Å²) in [4.78, 5) is 0. The molecule has 0 amide bonds. The van der Waals surface area contributed by atoms with E-state index in [9.17, 15) is 0 Å². The molecule has 2 heterocycles. The Morgan fingerprint density at radius 2 is 1.83 bits per heavy atom. The molecular weight excluding hydrogens is 160 g/mol. The van der Waals surface area contributed by atoms with Gasteiger partial charge in [0.25, 0.3) is 0 Å². The summed E-state index contributed by atoms with van der Waals surface area (Å²) < 4.78 is 20.3. The van der Waals surface area contributed by atoms with E-state index >= 15 is 0 Å². The van der Waals surface area contributed by atoms with Crippen LogP contribution < -0.4 is 0 Å². The van der Waals surface area contributed by atoms with Crippen molar-refractivity contribution in [3.8, 4) is 0 Å². The van der Waals surface area contributed by atoms with Crippen LogP contribution in [0.3, 0.4) is 0 Å². The van der Waals surface area contributed by atoms with Gasteiger partial charge < -0.3 is 18.9 Å². The Morgan fingerprint density at radius 1 is 1.17 bits per heavy atom. The Hall–Kier alpha value is -0.160. The van der Waals surface area contributed by atoms with Crippen molar-refractivity contribution in [2.75, 3.05) is 33.0 Å². The molecule has 0 N–H and O–H groups in total. The van der Waals surface area contributed by atoms with Gasteiger partial charge in [-0.3, -0.25) is 0 Å². The standard InChI is InChI=1S/C8H13O4/c1(9-3-7-5-11-7)2-10-4-8-6-12-8/h1,7-8H,2-6H2. The fraction of sp³-hybridized carbons (Fsp3) is 0.875. The van der Waals surface area contributed by atoms with Crippen LogP contribution in [0.2, 0.25) is 0 Å². The van der Waals surface area contributed by atoms with E-state index in [2.05, 4.69) is 0 Å². The summed E-state index contributed by atoms with van der Waals surface area (Å²) in [6.45, 7) is 5.22. The second-order valence-electron chi connectivity index (χ2n) is 2.95. The van der Waals surface area contributed by atoms with E-state index in [0.29, 0.717) is 32.0 Å². The maximum Gasteiger partial charge on any atom is 0.109 e. The van der Waals surface area contributed by atoms with Gasteiger partial charge in [0.1, 0.15) is 18.8 Å². The molecule has 0 saturated carbocycles. The fourth-order valence-electron chi connectivity index (χ4n) is 0.800. The smallest absolute Gasteiger partial charge is 0.109 e. The maximum atomic E-state index is 5.21. The normalized spacial score (nSPS) is 32.0. The molecule has 2 aliphatic heterocycles. The van der Waals surface area contributed by atoms with Crippen LogP contribution in [0.5, 0.6) is 0 Å². The Kier molecular flexibility index (Phi) is 2.94. The monoisotopic (exact) mass is 173 g/mol. The summed E-state index contributed by atoms with van der Waals surface area (Å²) in [5.74, 6) is 0. The summed E-state index contributed by atoms with van der Waals surface area (Å²) >= 11 is 0. The van der Waals surface area contributed by atoms with Crippen LogP contribution in [0.25, 0.3) is 0 Å². The number of hydrogen-bond acceptors (Lipinski definition) is 4. The first-order chi connectivity index (χ1) is 5.95. The zero-order valence-electron chi connectivity index (χ0n) is 6.90. The molecule has 2 fully saturated rings. The molecule has 2 saturated heterocycles. The van der Waals surface area contributed by atoms with Gasteiger partial charge in [-0.15, -0.1) is 0 Å². The van der Waals surface area contributed by atoms with Crippen molar-refractivity contribution >= 4 is 0 Å². The van der Waals surface area contributed by atoms with Gasteiger partial charge >= 0.3 is 0 Å². The summed E-state index contributed by atoms with van der Waals surface area (Å²) in [6.07, 6.45) is 0.665. The summed E-state index contributed by atoms with van der Waals surface area (Å²) in [5, 5.41) is 0. The zero-order chi connectivity index (χ0) is 8.23. The predicted octanol–water partition coefficient (Wildman–Crippen LogP) is -0.0210. The lowest BCUT2D eigenvalue weighted by Crippen LogP contribution is -2.06. The molecule has 2 atom stereocenters. The van der Waals surface area contributed by atoms with Crippen molar-refractivity contribution in [2.45, 2.75) is 12.2 Å². The molecule has 2 rings (SSSR count). The number of hydrogen-bond donors (Lipinski definition) is 0. The molecule has 0 bridgehead atoms. The highest BCUT2D eigenvalue weighted by atomic mass is 16.6. The number of epoxide rings is 2. The van der Waals surface area contributed by atoms with Crippen LogP contribution in [0.15, 0.2) is 0 Å².